The summed E-state index contributed by atoms with van der Waals surface area (Å²) >= 11 is 1.72. The number of aromatic nitrogens is 2. The molecule has 96 valence electrons. The van der Waals surface area contributed by atoms with Gasteiger partial charge in [0.05, 0.1) is 0 Å². The molecule has 0 radical (unpaired) electrons. The Balaban J connectivity index is 1.91. The summed E-state index contributed by atoms with van der Waals surface area (Å²) in [6, 6.07) is 0.601. The van der Waals surface area contributed by atoms with E-state index in [4.69, 9.17) is 0 Å². The molecule has 2 rings (SSSR count). The van der Waals surface area contributed by atoms with Crippen LogP contribution in [-0.4, -0.2) is 16.2 Å². The van der Waals surface area contributed by atoms with Gasteiger partial charge in [0.15, 0.2) is 0 Å². The third-order valence-electron chi connectivity index (χ3n) is 3.47. The largest absolute Gasteiger partial charge is 0.357 e. The zero-order chi connectivity index (χ0) is 12.3. The van der Waals surface area contributed by atoms with Crippen molar-refractivity contribution in [1.29, 1.82) is 0 Å². The lowest BCUT2D eigenvalue weighted by atomic mass is 9.86. The van der Waals surface area contributed by atoms with Crippen molar-refractivity contribution in [2.45, 2.75) is 58.9 Å². The van der Waals surface area contributed by atoms with Gasteiger partial charge >= 0.3 is 0 Å². The van der Waals surface area contributed by atoms with Gasteiger partial charge in [-0.05, 0) is 24.7 Å². The van der Waals surface area contributed by atoms with Gasteiger partial charge in [0.1, 0.15) is 5.01 Å². The average Bonchev–Trinajstić information content (AvgIpc) is 2.68. The van der Waals surface area contributed by atoms with E-state index in [2.05, 4.69) is 36.3 Å². The van der Waals surface area contributed by atoms with E-state index < -0.39 is 0 Å². The van der Waals surface area contributed by atoms with E-state index in [0.717, 1.165) is 22.5 Å². The fourth-order valence-electron chi connectivity index (χ4n) is 2.43. The molecule has 1 aliphatic rings. The van der Waals surface area contributed by atoms with Crippen LogP contribution in [0.1, 0.15) is 51.5 Å². The number of nitrogens with one attached hydrogen (secondary N) is 1. The predicted molar refractivity (Wildman–Crippen MR) is 73.5 cm³/mol. The molecule has 1 aromatic rings. The smallest absolute Gasteiger partial charge is 0.205 e. The molecular formula is C13H23N3S. The van der Waals surface area contributed by atoms with Crippen molar-refractivity contribution in [3.05, 3.63) is 5.01 Å². The zero-order valence-corrected chi connectivity index (χ0v) is 11.9. The Labute approximate surface area is 108 Å². The highest BCUT2D eigenvalue weighted by atomic mass is 32.1. The SMILES string of the molecule is CC(C)Cc1nnc(NC2CCCCC2C)s1. The lowest BCUT2D eigenvalue weighted by Gasteiger charge is -2.29. The maximum absolute atomic E-state index is 4.26. The van der Waals surface area contributed by atoms with Gasteiger partial charge in [0, 0.05) is 12.5 Å². The normalized spacial score (nSPS) is 25.2. The highest BCUT2D eigenvalue weighted by Crippen LogP contribution is 2.28. The quantitative estimate of drug-likeness (QED) is 0.888. The standard InChI is InChI=1S/C13H23N3S/c1-9(2)8-12-15-16-13(17-12)14-11-7-5-4-6-10(11)3/h9-11H,4-8H2,1-3H3,(H,14,16). The van der Waals surface area contributed by atoms with Crippen LogP contribution in [0, 0.1) is 11.8 Å². The van der Waals surface area contributed by atoms with Crippen LogP contribution in [0.25, 0.3) is 0 Å². The Hall–Kier alpha value is -0.640. The molecule has 1 heterocycles. The first-order chi connectivity index (χ1) is 8.15. The van der Waals surface area contributed by atoms with Crippen LogP contribution in [0.2, 0.25) is 0 Å². The molecule has 0 saturated heterocycles. The van der Waals surface area contributed by atoms with Gasteiger partial charge in [-0.3, -0.25) is 0 Å². The average molecular weight is 253 g/mol. The summed E-state index contributed by atoms with van der Waals surface area (Å²) in [5.74, 6) is 1.42. The summed E-state index contributed by atoms with van der Waals surface area (Å²) in [5, 5.41) is 14.2. The first kappa shape index (κ1) is 12.8. The number of hydrogen-bond donors (Lipinski definition) is 1. The van der Waals surface area contributed by atoms with Gasteiger partial charge in [-0.15, -0.1) is 10.2 Å². The number of nitrogens with zero attached hydrogens (tertiary/aromatic N) is 2. The number of hydrogen-bond acceptors (Lipinski definition) is 4. The molecule has 1 N–H and O–H groups in total. The Kier molecular flexibility index (Phi) is 4.37. The first-order valence-corrected chi connectivity index (χ1v) is 7.55. The highest BCUT2D eigenvalue weighted by molar-refractivity contribution is 7.15. The summed E-state index contributed by atoms with van der Waals surface area (Å²) in [4.78, 5) is 0. The fourth-order valence-corrected chi connectivity index (χ4v) is 3.45. The zero-order valence-electron chi connectivity index (χ0n) is 11.1. The molecule has 3 nitrogen and oxygen atoms in total. The molecule has 2 unspecified atom stereocenters. The Morgan fingerprint density at radius 3 is 2.76 bits per heavy atom. The van der Waals surface area contributed by atoms with E-state index >= 15 is 0 Å². The van der Waals surface area contributed by atoms with Gasteiger partial charge in [-0.1, -0.05) is 44.9 Å². The summed E-state index contributed by atoms with van der Waals surface area (Å²) in [6.45, 7) is 6.78. The van der Waals surface area contributed by atoms with E-state index in [0.29, 0.717) is 12.0 Å². The predicted octanol–water partition coefficient (Wildman–Crippen LogP) is 3.73. The Morgan fingerprint density at radius 1 is 1.29 bits per heavy atom. The van der Waals surface area contributed by atoms with Crippen molar-refractivity contribution in [2.75, 3.05) is 5.32 Å². The second-order valence-corrected chi connectivity index (χ2v) is 6.67. The van der Waals surface area contributed by atoms with Crippen LogP contribution >= 0.6 is 11.3 Å². The van der Waals surface area contributed by atoms with Crippen LogP contribution in [0.15, 0.2) is 0 Å². The molecule has 0 spiro atoms. The fraction of sp³-hybridized carbons (Fsp3) is 0.846. The molecular weight excluding hydrogens is 230 g/mol. The van der Waals surface area contributed by atoms with Crippen LogP contribution < -0.4 is 5.32 Å². The molecule has 1 saturated carbocycles. The van der Waals surface area contributed by atoms with Gasteiger partial charge in [-0.25, -0.2) is 0 Å². The molecule has 17 heavy (non-hydrogen) atoms. The summed E-state index contributed by atoms with van der Waals surface area (Å²) < 4.78 is 0. The summed E-state index contributed by atoms with van der Waals surface area (Å²) in [7, 11) is 0. The summed E-state index contributed by atoms with van der Waals surface area (Å²) in [5.41, 5.74) is 0. The minimum Gasteiger partial charge on any atom is -0.357 e. The molecule has 0 amide bonds. The van der Waals surface area contributed by atoms with Crippen LogP contribution in [-0.2, 0) is 6.42 Å². The molecule has 1 fully saturated rings. The topological polar surface area (TPSA) is 37.8 Å². The molecule has 0 aliphatic heterocycles. The number of anilines is 1. The third-order valence-corrected chi connectivity index (χ3v) is 4.35. The van der Waals surface area contributed by atoms with E-state index in [1.165, 1.54) is 25.7 Å². The maximum atomic E-state index is 4.26. The van der Waals surface area contributed by atoms with Crippen molar-refractivity contribution < 1.29 is 0 Å². The second kappa shape index (κ2) is 5.80. The Morgan fingerprint density at radius 2 is 2.06 bits per heavy atom. The minimum atomic E-state index is 0.601. The van der Waals surface area contributed by atoms with Gasteiger partial charge in [0.2, 0.25) is 5.13 Å². The number of rotatable bonds is 4. The van der Waals surface area contributed by atoms with Crippen molar-refractivity contribution in [3.8, 4) is 0 Å². The van der Waals surface area contributed by atoms with Gasteiger partial charge < -0.3 is 5.32 Å². The molecule has 0 bridgehead atoms. The van der Waals surface area contributed by atoms with E-state index in [1.807, 2.05) is 0 Å². The lowest BCUT2D eigenvalue weighted by Crippen LogP contribution is -2.30. The molecule has 1 aliphatic carbocycles. The van der Waals surface area contributed by atoms with E-state index in [-0.39, 0.29) is 0 Å². The van der Waals surface area contributed by atoms with E-state index in [9.17, 15) is 0 Å². The van der Waals surface area contributed by atoms with Crippen molar-refractivity contribution in [1.82, 2.24) is 10.2 Å². The highest BCUT2D eigenvalue weighted by Gasteiger charge is 2.22. The van der Waals surface area contributed by atoms with Crippen LogP contribution in [0.3, 0.4) is 0 Å². The molecule has 2 atom stereocenters. The first-order valence-electron chi connectivity index (χ1n) is 6.74. The molecule has 0 aromatic carbocycles. The second-order valence-electron chi connectivity index (χ2n) is 5.61. The van der Waals surface area contributed by atoms with Crippen molar-refractivity contribution >= 4 is 16.5 Å². The third kappa shape index (κ3) is 3.66. The monoisotopic (exact) mass is 253 g/mol. The summed E-state index contributed by atoms with van der Waals surface area (Å²) in [6.07, 6.45) is 6.39. The molecule has 4 heteroatoms. The van der Waals surface area contributed by atoms with Crippen LogP contribution in [0.4, 0.5) is 5.13 Å². The van der Waals surface area contributed by atoms with Crippen LogP contribution in [0.5, 0.6) is 0 Å². The van der Waals surface area contributed by atoms with Crippen molar-refractivity contribution in [3.63, 3.8) is 0 Å². The van der Waals surface area contributed by atoms with Gasteiger partial charge in [-0.2, -0.15) is 0 Å². The molecule has 1 aromatic heterocycles. The minimum absolute atomic E-state index is 0.601. The van der Waals surface area contributed by atoms with E-state index in [1.54, 1.807) is 11.3 Å². The lowest BCUT2D eigenvalue weighted by molar-refractivity contribution is 0.349. The van der Waals surface area contributed by atoms with Crippen molar-refractivity contribution in [2.24, 2.45) is 11.8 Å². The Bertz CT molecular complexity index is 348. The maximum Gasteiger partial charge on any atom is 0.205 e. The van der Waals surface area contributed by atoms with Gasteiger partial charge in [0.25, 0.3) is 0 Å².